The molecule has 0 saturated heterocycles. The zero-order chi connectivity index (χ0) is 13.7. The zero-order valence-electron chi connectivity index (χ0n) is 9.78. The van der Waals surface area contributed by atoms with Gasteiger partial charge in [0.1, 0.15) is 10.7 Å². The molecule has 0 fully saturated rings. The number of anilines is 1. The summed E-state index contributed by atoms with van der Waals surface area (Å²) < 4.78 is 4.88. The van der Waals surface area contributed by atoms with Crippen LogP contribution in [0.25, 0.3) is 6.08 Å². The van der Waals surface area contributed by atoms with Crippen LogP contribution in [0.3, 0.4) is 0 Å². The molecule has 0 unspecified atom stereocenters. The van der Waals surface area contributed by atoms with E-state index in [1.54, 1.807) is 24.3 Å². The molecule has 1 amide bonds. The molecule has 0 spiro atoms. The molecule has 0 aliphatic carbocycles. The minimum absolute atomic E-state index is 0.245. The van der Waals surface area contributed by atoms with Crippen molar-refractivity contribution in [2.24, 2.45) is 0 Å². The Kier molecular flexibility index (Phi) is 3.72. The van der Waals surface area contributed by atoms with Gasteiger partial charge in [-0.15, -0.1) is 0 Å². The van der Waals surface area contributed by atoms with Gasteiger partial charge in [0.25, 0.3) is 0 Å². The standard InChI is InChI=1S/C13H10N2O4/c16-12(14-10-4-2-1-3-5-10)8-6-11-7-9-13(19-11)15(17)18/h1-9H,(H,14,16)/b8-6+. The summed E-state index contributed by atoms with van der Waals surface area (Å²) in [6.45, 7) is 0. The van der Waals surface area contributed by atoms with Crippen LogP contribution >= 0.6 is 0 Å². The van der Waals surface area contributed by atoms with E-state index in [9.17, 15) is 14.9 Å². The summed E-state index contributed by atoms with van der Waals surface area (Å²) in [7, 11) is 0. The number of carbonyl (C=O) groups excluding carboxylic acids is 1. The number of hydrogen-bond acceptors (Lipinski definition) is 4. The molecule has 0 radical (unpaired) electrons. The van der Waals surface area contributed by atoms with E-state index in [-0.39, 0.29) is 17.6 Å². The summed E-state index contributed by atoms with van der Waals surface area (Å²) in [5, 5.41) is 13.0. The van der Waals surface area contributed by atoms with E-state index in [4.69, 9.17) is 4.42 Å². The Hall–Kier alpha value is -2.89. The van der Waals surface area contributed by atoms with Crippen LogP contribution in [0.5, 0.6) is 0 Å². The molecule has 1 aromatic heterocycles. The molecule has 0 saturated carbocycles. The van der Waals surface area contributed by atoms with Crippen LogP contribution in [-0.2, 0) is 4.79 Å². The number of nitrogens with zero attached hydrogens (tertiary/aromatic N) is 1. The Balaban J connectivity index is 1.98. The fraction of sp³-hybridized carbons (Fsp3) is 0. The minimum Gasteiger partial charge on any atom is -0.401 e. The third-order valence-electron chi connectivity index (χ3n) is 2.23. The first-order valence-electron chi connectivity index (χ1n) is 5.43. The highest BCUT2D eigenvalue weighted by Crippen LogP contribution is 2.16. The van der Waals surface area contributed by atoms with Crippen molar-refractivity contribution in [1.82, 2.24) is 0 Å². The summed E-state index contributed by atoms with van der Waals surface area (Å²) in [4.78, 5) is 21.3. The Bertz CT molecular complexity index is 617. The minimum atomic E-state index is -0.638. The highest BCUT2D eigenvalue weighted by molar-refractivity contribution is 6.01. The molecule has 1 aromatic carbocycles. The van der Waals surface area contributed by atoms with Crippen LogP contribution in [0.2, 0.25) is 0 Å². The molecule has 1 N–H and O–H groups in total. The first-order chi connectivity index (χ1) is 9.15. The molecule has 2 aromatic rings. The van der Waals surface area contributed by atoms with E-state index in [0.29, 0.717) is 5.69 Å². The molecule has 2 rings (SSSR count). The highest BCUT2D eigenvalue weighted by Gasteiger charge is 2.09. The average molecular weight is 258 g/mol. The van der Waals surface area contributed by atoms with Gasteiger partial charge in [0, 0.05) is 11.8 Å². The SMILES string of the molecule is O=C(/C=C/c1ccc([N+](=O)[O-])o1)Nc1ccccc1. The summed E-state index contributed by atoms with van der Waals surface area (Å²) in [6.07, 6.45) is 2.61. The van der Waals surface area contributed by atoms with E-state index in [0.717, 1.165) is 0 Å². The Morgan fingerprint density at radius 3 is 2.58 bits per heavy atom. The van der Waals surface area contributed by atoms with Crippen molar-refractivity contribution in [2.45, 2.75) is 0 Å². The lowest BCUT2D eigenvalue weighted by Crippen LogP contribution is -2.07. The topological polar surface area (TPSA) is 85.4 Å². The third kappa shape index (κ3) is 3.53. The van der Waals surface area contributed by atoms with Crippen LogP contribution in [-0.4, -0.2) is 10.8 Å². The molecular weight excluding hydrogens is 248 g/mol. The molecule has 19 heavy (non-hydrogen) atoms. The summed E-state index contributed by atoms with van der Waals surface area (Å²) in [5.41, 5.74) is 0.669. The van der Waals surface area contributed by atoms with Crippen LogP contribution in [0.1, 0.15) is 5.76 Å². The maximum absolute atomic E-state index is 11.6. The van der Waals surface area contributed by atoms with Gasteiger partial charge in [-0.05, 0) is 24.3 Å². The zero-order valence-corrected chi connectivity index (χ0v) is 9.78. The van der Waals surface area contributed by atoms with E-state index >= 15 is 0 Å². The molecule has 0 aliphatic heterocycles. The predicted octanol–water partition coefficient (Wildman–Crippen LogP) is 2.84. The summed E-state index contributed by atoms with van der Waals surface area (Å²) >= 11 is 0. The van der Waals surface area contributed by atoms with Crippen molar-refractivity contribution in [1.29, 1.82) is 0 Å². The van der Waals surface area contributed by atoms with Crippen molar-refractivity contribution in [3.05, 3.63) is 64.4 Å². The number of benzene rings is 1. The van der Waals surface area contributed by atoms with Gasteiger partial charge in [-0.2, -0.15) is 0 Å². The van der Waals surface area contributed by atoms with Gasteiger partial charge in [0.15, 0.2) is 0 Å². The number of nitrogens with one attached hydrogen (secondary N) is 1. The third-order valence-corrected chi connectivity index (χ3v) is 2.23. The predicted molar refractivity (Wildman–Crippen MR) is 69.5 cm³/mol. The highest BCUT2D eigenvalue weighted by atomic mass is 16.6. The van der Waals surface area contributed by atoms with Crippen molar-refractivity contribution >= 4 is 23.6 Å². The second-order valence-corrected chi connectivity index (χ2v) is 3.62. The normalized spacial score (nSPS) is 10.5. The van der Waals surface area contributed by atoms with E-state index in [1.807, 2.05) is 6.07 Å². The monoisotopic (exact) mass is 258 g/mol. The quantitative estimate of drug-likeness (QED) is 0.519. The van der Waals surface area contributed by atoms with E-state index in [2.05, 4.69) is 5.32 Å². The molecule has 0 atom stereocenters. The number of furan rings is 1. The number of rotatable bonds is 4. The van der Waals surface area contributed by atoms with Crippen molar-refractivity contribution in [3.63, 3.8) is 0 Å². The second kappa shape index (κ2) is 5.63. The maximum Gasteiger partial charge on any atom is 0.433 e. The van der Waals surface area contributed by atoms with Gasteiger partial charge in [0.05, 0.1) is 6.07 Å². The van der Waals surface area contributed by atoms with Gasteiger partial charge < -0.3 is 9.73 Å². The molecule has 96 valence electrons. The number of amides is 1. The lowest BCUT2D eigenvalue weighted by atomic mass is 10.3. The number of nitro groups is 1. The van der Waals surface area contributed by atoms with Gasteiger partial charge in [0.2, 0.25) is 5.91 Å². The first kappa shape index (κ1) is 12.6. The molecule has 6 nitrogen and oxygen atoms in total. The molecule has 6 heteroatoms. The van der Waals surface area contributed by atoms with Gasteiger partial charge in [-0.1, -0.05) is 18.2 Å². The number of hydrogen-bond donors (Lipinski definition) is 1. The van der Waals surface area contributed by atoms with Crippen molar-refractivity contribution in [2.75, 3.05) is 5.32 Å². The summed E-state index contributed by atoms with van der Waals surface area (Å²) in [6, 6.07) is 11.6. The van der Waals surface area contributed by atoms with Crippen LogP contribution in [0.4, 0.5) is 11.6 Å². The van der Waals surface area contributed by atoms with Gasteiger partial charge in [-0.3, -0.25) is 14.9 Å². The molecule has 0 aliphatic rings. The lowest BCUT2D eigenvalue weighted by molar-refractivity contribution is -0.402. The largest absolute Gasteiger partial charge is 0.433 e. The maximum atomic E-state index is 11.6. The van der Waals surface area contributed by atoms with Crippen molar-refractivity contribution in [3.8, 4) is 0 Å². The van der Waals surface area contributed by atoms with Crippen LogP contribution in [0, 0.1) is 10.1 Å². The first-order valence-corrected chi connectivity index (χ1v) is 5.43. The lowest BCUT2D eigenvalue weighted by Gasteiger charge is -1.99. The fourth-order valence-electron chi connectivity index (χ4n) is 1.39. The van der Waals surface area contributed by atoms with Crippen LogP contribution < -0.4 is 5.32 Å². The second-order valence-electron chi connectivity index (χ2n) is 3.62. The average Bonchev–Trinajstić information content (AvgIpc) is 2.86. The molecule has 1 heterocycles. The Morgan fingerprint density at radius 1 is 1.21 bits per heavy atom. The number of carbonyl (C=O) groups is 1. The van der Waals surface area contributed by atoms with Gasteiger partial charge >= 0.3 is 5.88 Å². The van der Waals surface area contributed by atoms with Crippen LogP contribution in [0.15, 0.2) is 53.0 Å². The van der Waals surface area contributed by atoms with E-state index < -0.39 is 4.92 Å². The Labute approximate surface area is 108 Å². The molecule has 0 bridgehead atoms. The molecular formula is C13H10N2O4. The fourth-order valence-corrected chi connectivity index (χ4v) is 1.39. The van der Waals surface area contributed by atoms with E-state index in [1.165, 1.54) is 24.3 Å². The smallest absolute Gasteiger partial charge is 0.401 e. The number of para-hydroxylation sites is 1. The van der Waals surface area contributed by atoms with Crippen molar-refractivity contribution < 1.29 is 14.1 Å². The van der Waals surface area contributed by atoms with Gasteiger partial charge in [-0.25, -0.2) is 0 Å². The summed E-state index contributed by atoms with van der Waals surface area (Å²) in [5.74, 6) is -0.455. The Morgan fingerprint density at radius 2 is 1.95 bits per heavy atom.